The first kappa shape index (κ1) is 8.78. The van der Waals surface area contributed by atoms with Crippen molar-refractivity contribution in [3.05, 3.63) is 30.1 Å². The summed E-state index contributed by atoms with van der Waals surface area (Å²) in [5.41, 5.74) is 2.32. The smallest absolute Gasteiger partial charge is 0.137 e. The Hall–Kier alpha value is -1.31. The maximum absolute atomic E-state index is 5.06. The second kappa shape index (κ2) is 3.90. The van der Waals surface area contributed by atoms with Crippen LogP contribution in [-0.4, -0.2) is 12.1 Å². The van der Waals surface area contributed by atoms with Gasteiger partial charge in [0.1, 0.15) is 5.75 Å². The van der Waals surface area contributed by atoms with Gasteiger partial charge < -0.3 is 4.74 Å². The van der Waals surface area contributed by atoms with E-state index in [1.54, 1.807) is 13.3 Å². The molecule has 0 amide bonds. The molecule has 0 spiro atoms. The monoisotopic (exact) mass is 163 g/mol. The zero-order valence-electron chi connectivity index (χ0n) is 7.66. The van der Waals surface area contributed by atoms with Gasteiger partial charge in [-0.15, -0.1) is 0 Å². The Labute approximate surface area is 72.9 Å². The lowest BCUT2D eigenvalue weighted by atomic mass is 10.1. The Bertz CT molecular complexity index is 292. The highest BCUT2D eigenvalue weighted by molar-refractivity contribution is 5.63. The zero-order chi connectivity index (χ0) is 8.97. The molecule has 0 aliphatic heterocycles. The molecule has 0 saturated carbocycles. The van der Waals surface area contributed by atoms with Gasteiger partial charge in [-0.05, 0) is 31.1 Å². The van der Waals surface area contributed by atoms with Crippen LogP contribution in [0, 0.1) is 0 Å². The first-order valence-electron chi connectivity index (χ1n) is 3.90. The van der Waals surface area contributed by atoms with Gasteiger partial charge in [-0.1, -0.05) is 6.08 Å². The molecule has 0 aliphatic rings. The predicted octanol–water partition coefficient (Wildman–Crippen LogP) is 2.51. The van der Waals surface area contributed by atoms with Gasteiger partial charge in [0.15, 0.2) is 0 Å². The van der Waals surface area contributed by atoms with Crippen molar-refractivity contribution < 1.29 is 4.74 Å². The molecule has 1 aromatic heterocycles. The quantitative estimate of drug-likeness (QED) is 0.668. The predicted molar refractivity (Wildman–Crippen MR) is 50.1 cm³/mol. The van der Waals surface area contributed by atoms with E-state index in [4.69, 9.17) is 4.74 Å². The van der Waals surface area contributed by atoms with Crippen LogP contribution in [0.2, 0.25) is 0 Å². The molecule has 0 N–H and O–H groups in total. The van der Waals surface area contributed by atoms with Crippen molar-refractivity contribution in [2.75, 3.05) is 7.11 Å². The summed E-state index contributed by atoms with van der Waals surface area (Å²) in [5.74, 6) is 0.800. The summed E-state index contributed by atoms with van der Waals surface area (Å²) < 4.78 is 5.06. The van der Waals surface area contributed by atoms with Crippen molar-refractivity contribution in [3.8, 4) is 5.75 Å². The number of nitrogens with zero attached hydrogens (tertiary/aromatic N) is 1. The molecule has 0 radical (unpaired) electrons. The van der Waals surface area contributed by atoms with E-state index in [9.17, 15) is 0 Å². The molecular formula is C10H13NO. The Morgan fingerprint density at radius 2 is 2.25 bits per heavy atom. The van der Waals surface area contributed by atoms with Crippen LogP contribution in [0.5, 0.6) is 5.75 Å². The molecule has 0 fully saturated rings. The summed E-state index contributed by atoms with van der Waals surface area (Å²) in [4.78, 5) is 4.06. The summed E-state index contributed by atoms with van der Waals surface area (Å²) in [6, 6.07) is 1.97. The second-order valence-electron chi connectivity index (χ2n) is 2.59. The SMILES string of the molecule is CC=C(C)c1cncc(OC)c1. The minimum Gasteiger partial charge on any atom is -0.495 e. The lowest BCUT2D eigenvalue weighted by Gasteiger charge is -2.02. The molecule has 12 heavy (non-hydrogen) atoms. The van der Waals surface area contributed by atoms with Crippen LogP contribution in [-0.2, 0) is 0 Å². The number of allylic oxidation sites excluding steroid dienone is 2. The van der Waals surface area contributed by atoms with Crippen molar-refractivity contribution in [2.24, 2.45) is 0 Å². The van der Waals surface area contributed by atoms with E-state index >= 15 is 0 Å². The van der Waals surface area contributed by atoms with Crippen molar-refractivity contribution in [1.82, 2.24) is 4.98 Å². The van der Waals surface area contributed by atoms with Gasteiger partial charge >= 0.3 is 0 Å². The molecule has 0 aromatic carbocycles. The first-order chi connectivity index (χ1) is 5.77. The summed E-state index contributed by atoms with van der Waals surface area (Å²) in [6.07, 6.45) is 5.58. The Kier molecular flexibility index (Phi) is 2.86. The molecule has 0 unspecified atom stereocenters. The normalized spacial score (nSPS) is 11.4. The number of methoxy groups -OCH3 is 1. The highest BCUT2D eigenvalue weighted by Crippen LogP contribution is 2.17. The Balaban J connectivity index is 3.02. The minimum atomic E-state index is 0.800. The van der Waals surface area contributed by atoms with Crippen LogP contribution in [0.3, 0.4) is 0 Å². The number of ether oxygens (including phenoxy) is 1. The van der Waals surface area contributed by atoms with Crippen LogP contribution in [0.25, 0.3) is 5.57 Å². The van der Waals surface area contributed by atoms with Crippen molar-refractivity contribution in [1.29, 1.82) is 0 Å². The standard InChI is InChI=1S/C10H13NO/c1-4-8(2)9-5-10(12-3)7-11-6-9/h4-7H,1-3H3. The van der Waals surface area contributed by atoms with Crippen molar-refractivity contribution in [3.63, 3.8) is 0 Å². The van der Waals surface area contributed by atoms with Gasteiger partial charge in [-0.3, -0.25) is 4.98 Å². The average molecular weight is 163 g/mol. The van der Waals surface area contributed by atoms with Gasteiger partial charge in [-0.2, -0.15) is 0 Å². The second-order valence-corrected chi connectivity index (χ2v) is 2.59. The molecular weight excluding hydrogens is 150 g/mol. The molecule has 64 valence electrons. The average Bonchev–Trinajstić information content (AvgIpc) is 2.17. The molecule has 2 nitrogen and oxygen atoms in total. The van der Waals surface area contributed by atoms with Crippen LogP contribution in [0.15, 0.2) is 24.5 Å². The van der Waals surface area contributed by atoms with Gasteiger partial charge in [0.2, 0.25) is 0 Å². The van der Waals surface area contributed by atoms with Crippen molar-refractivity contribution >= 4 is 5.57 Å². The first-order valence-corrected chi connectivity index (χ1v) is 3.90. The van der Waals surface area contributed by atoms with Gasteiger partial charge in [0, 0.05) is 6.20 Å². The third-order valence-electron chi connectivity index (χ3n) is 1.84. The van der Waals surface area contributed by atoms with E-state index in [1.807, 2.05) is 19.2 Å². The fraction of sp³-hybridized carbons (Fsp3) is 0.300. The molecule has 1 heterocycles. The third-order valence-corrected chi connectivity index (χ3v) is 1.84. The molecule has 0 saturated heterocycles. The fourth-order valence-corrected chi connectivity index (χ4v) is 0.913. The van der Waals surface area contributed by atoms with E-state index in [2.05, 4.69) is 18.0 Å². The Morgan fingerprint density at radius 3 is 2.83 bits per heavy atom. The van der Waals surface area contributed by atoms with Crippen LogP contribution >= 0.6 is 0 Å². The fourth-order valence-electron chi connectivity index (χ4n) is 0.913. The maximum atomic E-state index is 5.06. The highest BCUT2D eigenvalue weighted by atomic mass is 16.5. The lowest BCUT2D eigenvalue weighted by molar-refractivity contribution is 0.412. The number of rotatable bonds is 2. The number of aromatic nitrogens is 1. The lowest BCUT2D eigenvalue weighted by Crippen LogP contribution is -1.87. The summed E-state index contributed by atoms with van der Waals surface area (Å²) in [5, 5.41) is 0. The third kappa shape index (κ3) is 1.84. The van der Waals surface area contributed by atoms with E-state index < -0.39 is 0 Å². The summed E-state index contributed by atoms with van der Waals surface area (Å²) in [6.45, 7) is 4.06. The molecule has 0 aliphatic carbocycles. The highest BCUT2D eigenvalue weighted by Gasteiger charge is 1.96. The van der Waals surface area contributed by atoms with Crippen LogP contribution in [0.4, 0.5) is 0 Å². The maximum Gasteiger partial charge on any atom is 0.137 e. The van der Waals surface area contributed by atoms with E-state index in [-0.39, 0.29) is 0 Å². The number of pyridine rings is 1. The number of hydrogen-bond acceptors (Lipinski definition) is 2. The van der Waals surface area contributed by atoms with Crippen molar-refractivity contribution in [2.45, 2.75) is 13.8 Å². The van der Waals surface area contributed by atoms with Crippen LogP contribution < -0.4 is 4.74 Å². The van der Waals surface area contributed by atoms with Gasteiger partial charge in [0.05, 0.1) is 13.3 Å². The zero-order valence-corrected chi connectivity index (χ0v) is 7.66. The molecule has 1 rings (SSSR count). The van der Waals surface area contributed by atoms with E-state index in [0.717, 1.165) is 11.3 Å². The molecule has 0 bridgehead atoms. The summed E-state index contributed by atoms with van der Waals surface area (Å²) >= 11 is 0. The molecule has 0 atom stereocenters. The molecule has 2 heteroatoms. The summed E-state index contributed by atoms with van der Waals surface area (Å²) in [7, 11) is 1.64. The minimum absolute atomic E-state index is 0.800. The Morgan fingerprint density at radius 1 is 1.50 bits per heavy atom. The van der Waals surface area contributed by atoms with E-state index in [1.165, 1.54) is 5.57 Å². The topological polar surface area (TPSA) is 22.1 Å². The van der Waals surface area contributed by atoms with Gasteiger partial charge in [-0.25, -0.2) is 0 Å². The van der Waals surface area contributed by atoms with Crippen LogP contribution in [0.1, 0.15) is 19.4 Å². The number of hydrogen-bond donors (Lipinski definition) is 0. The van der Waals surface area contributed by atoms with E-state index in [0.29, 0.717) is 0 Å². The van der Waals surface area contributed by atoms with Gasteiger partial charge in [0.25, 0.3) is 0 Å². The largest absolute Gasteiger partial charge is 0.495 e. The molecule has 1 aromatic rings.